The molecule has 5 heteroatoms. The minimum Gasteiger partial charge on any atom is -0.480 e. The van der Waals surface area contributed by atoms with Gasteiger partial charge in [0.15, 0.2) is 0 Å². The fourth-order valence-electron chi connectivity index (χ4n) is 3.56. The Morgan fingerprint density at radius 3 is 2.52 bits per heavy atom. The summed E-state index contributed by atoms with van der Waals surface area (Å²) in [5, 5.41) is 9.58. The Balaban J connectivity index is 1.79. The molecule has 0 aliphatic carbocycles. The normalized spacial score (nSPS) is 23.3. The number of carboxylic acids is 1. The van der Waals surface area contributed by atoms with Gasteiger partial charge in [0, 0.05) is 19.8 Å². The van der Waals surface area contributed by atoms with Gasteiger partial charge in [0.1, 0.15) is 11.9 Å². The van der Waals surface area contributed by atoms with Crippen LogP contribution in [0.25, 0.3) is 0 Å². The Kier molecular flexibility index (Phi) is 3.95. The number of aliphatic carboxylic acids is 1. The highest BCUT2D eigenvalue weighted by Crippen LogP contribution is 2.42. The van der Waals surface area contributed by atoms with Crippen LogP contribution in [0.5, 0.6) is 0 Å². The molecule has 1 aromatic rings. The molecule has 3 rings (SSSR count). The molecule has 0 radical (unpaired) electrons. The van der Waals surface area contributed by atoms with Gasteiger partial charge < -0.3 is 9.84 Å². The number of hydrogen-bond acceptors (Lipinski definition) is 3. The maximum atomic E-state index is 13.0. The number of carboxylic acid groups (broad SMARTS) is 1. The maximum Gasteiger partial charge on any atom is 0.325 e. The van der Waals surface area contributed by atoms with Crippen LogP contribution in [-0.2, 0) is 9.53 Å². The van der Waals surface area contributed by atoms with Crippen molar-refractivity contribution in [1.82, 2.24) is 4.90 Å². The van der Waals surface area contributed by atoms with Crippen LogP contribution in [0.15, 0.2) is 24.3 Å². The number of halogens is 1. The molecule has 1 spiro atoms. The zero-order valence-corrected chi connectivity index (χ0v) is 11.9. The first-order valence-electron chi connectivity index (χ1n) is 7.40. The summed E-state index contributed by atoms with van der Waals surface area (Å²) in [5.74, 6) is -1.21. The SMILES string of the molecule is O=C(O)C(c1ccc(F)cc1)N1CCC2(CCOCC2)C1. The number of nitrogens with zero attached hydrogens (tertiary/aromatic N) is 1. The monoisotopic (exact) mass is 293 g/mol. The van der Waals surface area contributed by atoms with Crippen molar-refractivity contribution in [3.63, 3.8) is 0 Å². The van der Waals surface area contributed by atoms with E-state index in [9.17, 15) is 14.3 Å². The van der Waals surface area contributed by atoms with Crippen molar-refractivity contribution in [1.29, 1.82) is 0 Å². The van der Waals surface area contributed by atoms with Gasteiger partial charge in [0.2, 0.25) is 0 Å². The lowest BCUT2D eigenvalue weighted by Crippen LogP contribution is -2.37. The Labute approximate surface area is 123 Å². The predicted octanol–water partition coefficient (Wildman–Crippen LogP) is 2.45. The van der Waals surface area contributed by atoms with Crippen molar-refractivity contribution in [3.8, 4) is 0 Å². The van der Waals surface area contributed by atoms with E-state index in [4.69, 9.17) is 4.74 Å². The molecule has 1 N–H and O–H groups in total. The Morgan fingerprint density at radius 2 is 1.90 bits per heavy atom. The zero-order chi connectivity index (χ0) is 14.9. The third-order valence-electron chi connectivity index (χ3n) is 4.81. The molecule has 2 saturated heterocycles. The average Bonchev–Trinajstić information content (AvgIpc) is 2.85. The number of ether oxygens (including phenoxy) is 1. The van der Waals surface area contributed by atoms with Crippen molar-refractivity contribution >= 4 is 5.97 Å². The lowest BCUT2D eigenvalue weighted by atomic mass is 9.79. The van der Waals surface area contributed by atoms with Crippen molar-refractivity contribution in [3.05, 3.63) is 35.6 Å². The van der Waals surface area contributed by atoms with Gasteiger partial charge in [-0.2, -0.15) is 0 Å². The summed E-state index contributed by atoms with van der Waals surface area (Å²) < 4.78 is 18.5. The minimum absolute atomic E-state index is 0.200. The largest absolute Gasteiger partial charge is 0.480 e. The molecule has 1 aromatic carbocycles. The topological polar surface area (TPSA) is 49.8 Å². The van der Waals surface area contributed by atoms with E-state index in [1.54, 1.807) is 12.1 Å². The number of rotatable bonds is 3. The minimum atomic E-state index is -0.870. The van der Waals surface area contributed by atoms with Gasteiger partial charge in [-0.1, -0.05) is 12.1 Å². The summed E-state index contributed by atoms with van der Waals surface area (Å²) in [4.78, 5) is 13.7. The summed E-state index contributed by atoms with van der Waals surface area (Å²) >= 11 is 0. The third-order valence-corrected chi connectivity index (χ3v) is 4.81. The van der Waals surface area contributed by atoms with Crippen molar-refractivity contribution in [2.24, 2.45) is 5.41 Å². The second-order valence-corrected chi connectivity index (χ2v) is 6.13. The molecule has 0 amide bonds. The Bertz CT molecular complexity index is 511. The van der Waals surface area contributed by atoms with Crippen molar-refractivity contribution in [2.45, 2.75) is 25.3 Å². The van der Waals surface area contributed by atoms with Crippen LogP contribution < -0.4 is 0 Å². The second kappa shape index (κ2) is 5.73. The number of hydrogen-bond donors (Lipinski definition) is 1. The number of carbonyl (C=O) groups is 1. The lowest BCUT2D eigenvalue weighted by molar-refractivity contribution is -0.143. The summed E-state index contributed by atoms with van der Waals surface area (Å²) in [7, 11) is 0. The van der Waals surface area contributed by atoms with E-state index >= 15 is 0 Å². The van der Waals surface area contributed by atoms with Gasteiger partial charge in [0.25, 0.3) is 0 Å². The Hall–Kier alpha value is -1.46. The standard InChI is InChI=1S/C16H20FNO3/c17-13-3-1-12(2-4-13)14(15(19)20)18-8-5-16(11-18)6-9-21-10-7-16/h1-4,14H,5-11H2,(H,19,20). The number of likely N-dealkylation sites (tertiary alicyclic amines) is 1. The first-order valence-corrected chi connectivity index (χ1v) is 7.40. The van der Waals surface area contributed by atoms with Crippen molar-refractivity contribution < 1.29 is 19.0 Å². The van der Waals surface area contributed by atoms with E-state index in [-0.39, 0.29) is 11.2 Å². The molecule has 2 fully saturated rings. The fourth-order valence-corrected chi connectivity index (χ4v) is 3.56. The lowest BCUT2D eigenvalue weighted by Gasteiger charge is -2.34. The molecule has 4 nitrogen and oxygen atoms in total. The molecule has 2 heterocycles. The van der Waals surface area contributed by atoms with E-state index in [2.05, 4.69) is 0 Å². The highest BCUT2D eigenvalue weighted by molar-refractivity contribution is 5.75. The summed E-state index contributed by atoms with van der Waals surface area (Å²) in [5.41, 5.74) is 0.847. The molecular formula is C16H20FNO3. The van der Waals surface area contributed by atoms with Crippen LogP contribution in [-0.4, -0.2) is 42.3 Å². The van der Waals surface area contributed by atoms with E-state index in [0.29, 0.717) is 5.56 Å². The first kappa shape index (κ1) is 14.5. The fraction of sp³-hybridized carbons (Fsp3) is 0.562. The van der Waals surface area contributed by atoms with E-state index in [1.165, 1.54) is 12.1 Å². The van der Waals surface area contributed by atoms with E-state index in [1.807, 2.05) is 4.90 Å². The van der Waals surface area contributed by atoms with Crippen LogP contribution in [0.2, 0.25) is 0 Å². The summed E-state index contributed by atoms with van der Waals surface area (Å²) in [6.45, 7) is 3.09. The molecule has 2 aliphatic rings. The van der Waals surface area contributed by atoms with Crippen LogP contribution in [0.3, 0.4) is 0 Å². The Morgan fingerprint density at radius 1 is 1.24 bits per heavy atom. The second-order valence-electron chi connectivity index (χ2n) is 6.13. The molecule has 0 bridgehead atoms. The van der Waals surface area contributed by atoms with Gasteiger partial charge in [0.05, 0.1) is 0 Å². The van der Waals surface area contributed by atoms with E-state index in [0.717, 1.165) is 45.6 Å². The quantitative estimate of drug-likeness (QED) is 0.930. The summed E-state index contributed by atoms with van der Waals surface area (Å²) in [6.07, 6.45) is 3.01. The van der Waals surface area contributed by atoms with Gasteiger partial charge >= 0.3 is 5.97 Å². The molecule has 1 atom stereocenters. The van der Waals surface area contributed by atoms with Gasteiger partial charge in [-0.15, -0.1) is 0 Å². The van der Waals surface area contributed by atoms with Gasteiger partial charge in [-0.05, 0) is 48.9 Å². The third kappa shape index (κ3) is 2.94. The highest BCUT2D eigenvalue weighted by Gasteiger charge is 2.43. The molecule has 0 aromatic heterocycles. The molecule has 2 aliphatic heterocycles. The predicted molar refractivity (Wildman–Crippen MR) is 75.5 cm³/mol. The molecule has 114 valence electrons. The maximum absolute atomic E-state index is 13.0. The molecule has 0 saturated carbocycles. The molecule has 1 unspecified atom stereocenters. The van der Waals surface area contributed by atoms with Crippen LogP contribution in [0.4, 0.5) is 4.39 Å². The van der Waals surface area contributed by atoms with Gasteiger partial charge in [-0.3, -0.25) is 9.69 Å². The van der Waals surface area contributed by atoms with Crippen LogP contribution in [0, 0.1) is 11.2 Å². The highest BCUT2D eigenvalue weighted by atomic mass is 19.1. The molecular weight excluding hydrogens is 273 g/mol. The van der Waals surface area contributed by atoms with Crippen LogP contribution >= 0.6 is 0 Å². The molecule has 21 heavy (non-hydrogen) atoms. The average molecular weight is 293 g/mol. The van der Waals surface area contributed by atoms with Crippen LogP contribution in [0.1, 0.15) is 30.9 Å². The number of benzene rings is 1. The van der Waals surface area contributed by atoms with E-state index < -0.39 is 12.0 Å². The van der Waals surface area contributed by atoms with Gasteiger partial charge in [-0.25, -0.2) is 4.39 Å². The first-order chi connectivity index (χ1) is 10.1. The summed E-state index contributed by atoms with van der Waals surface area (Å²) in [6, 6.07) is 5.11. The zero-order valence-electron chi connectivity index (χ0n) is 11.9. The smallest absolute Gasteiger partial charge is 0.325 e. The van der Waals surface area contributed by atoms with Crippen molar-refractivity contribution in [2.75, 3.05) is 26.3 Å².